The molecule has 6 heteroatoms. The summed E-state index contributed by atoms with van der Waals surface area (Å²) in [4.78, 5) is 0. The summed E-state index contributed by atoms with van der Waals surface area (Å²) in [5.41, 5.74) is 4.25. The monoisotopic (exact) mass is 239 g/mol. The summed E-state index contributed by atoms with van der Waals surface area (Å²) in [6, 6.07) is 1.08. The number of hydrogen-bond donors (Lipinski definition) is 1. The van der Waals surface area contributed by atoms with E-state index >= 15 is 0 Å². The van der Waals surface area contributed by atoms with Gasteiger partial charge < -0.3 is 5.73 Å². The van der Waals surface area contributed by atoms with Crippen LogP contribution < -0.4 is 5.73 Å². The Kier molecular flexibility index (Phi) is 3.85. The molecule has 1 aromatic carbocycles. The highest BCUT2D eigenvalue weighted by Crippen LogP contribution is 2.31. The first-order valence-corrected chi connectivity index (χ1v) is 4.54. The van der Waals surface area contributed by atoms with E-state index in [2.05, 4.69) is 0 Å². The first kappa shape index (κ1) is 12.9. The molecule has 0 aliphatic carbocycles. The van der Waals surface area contributed by atoms with Crippen molar-refractivity contribution in [2.75, 3.05) is 6.67 Å². The zero-order chi connectivity index (χ0) is 12.3. The summed E-state index contributed by atoms with van der Waals surface area (Å²) >= 11 is 0. The normalized spacial score (nSPS) is 13.9. The van der Waals surface area contributed by atoms with Crippen molar-refractivity contribution in [1.82, 2.24) is 0 Å². The molecule has 1 nitrogen and oxygen atoms in total. The number of nitrogens with two attached hydrogens (primary N) is 1. The standard InChI is InChI=1S/C10H10F5N/c11-2-1-9(16)6-3-7(10(13,14)15)5-8(12)4-6/h3-5,9H,1-2,16H2/t9-/m1/s1. The van der Waals surface area contributed by atoms with Gasteiger partial charge in [0, 0.05) is 6.04 Å². The third kappa shape index (κ3) is 3.16. The van der Waals surface area contributed by atoms with Crippen LogP contribution in [0.5, 0.6) is 0 Å². The van der Waals surface area contributed by atoms with Crippen LogP contribution in [0.1, 0.15) is 23.6 Å². The predicted molar refractivity (Wildman–Crippen MR) is 48.9 cm³/mol. The molecule has 0 amide bonds. The van der Waals surface area contributed by atoms with E-state index in [9.17, 15) is 22.0 Å². The van der Waals surface area contributed by atoms with Crippen LogP contribution in [0.4, 0.5) is 22.0 Å². The molecule has 1 rings (SSSR count). The van der Waals surface area contributed by atoms with Gasteiger partial charge in [-0.2, -0.15) is 13.2 Å². The van der Waals surface area contributed by atoms with Crippen molar-refractivity contribution in [3.05, 3.63) is 35.1 Å². The maximum Gasteiger partial charge on any atom is 0.416 e. The minimum Gasteiger partial charge on any atom is -0.324 e. The molecular weight excluding hydrogens is 229 g/mol. The van der Waals surface area contributed by atoms with Crippen molar-refractivity contribution < 1.29 is 22.0 Å². The molecule has 0 radical (unpaired) electrons. The molecule has 90 valence electrons. The van der Waals surface area contributed by atoms with Gasteiger partial charge in [0.15, 0.2) is 0 Å². The first-order valence-electron chi connectivity index (χ1n) is 4.54. The Morgan fingerprint density at radius 2 is 1.81 bits per heavy atom. The number of rotatable bonds is 3. The molecule has 2 N–H and O–H groups in total. The van der Waals surface area contributed by atoms with E-state index in [0.29, 0.717) is 6.07 Å². The molecule has 0 saturated heterocycles. The van der Waals surface area contributed by atoms with Gasteiger partial charge in [-0.1, -0.05) is 0 Å². The highest BCUT2D eigenvalue weighted by Gasteiger charge is 2.31. The van der Waals surface area contributed by atoms with E-state index in [1.807, 2.05) is 0 Å². The number of alkyl halides is 4. The van der Waals surface area contributed by atoms with Crippen molar-refractivity contribution in [3.8, 4) is 0 Å². The average Bonchev–Trinajstić information content (AvgIpc) is 2.16. The van der Waals surface area contributed by atoms with Crippen molar-refractivity contribution >= 4 is 0 Å². The molecule has 0 aliphatic heterocycles. The van der Waals surface area contributed by atoms with Crippen LogP contribution in [-0.2, 0) is 6.18 Å². The minimum atomic E-state index is -4.63. The van der Waals surface area contributed by atoms with E-state index in [0.717, 1.165) is 12.1 Å². The lowest BCUT2D eigenvalue weighted by Crippen LogP contribution is -2.14. The molecule has 0 aliphatic rings. The Labute approximate surface area is 89.1 Å². The van der Waals surface area contributed by atoms with Crippen molar-refractivity contribution in [2.24, 2.45) is 5.73 Å². The number of benzene rings is 1. The molecule has 1 atom stereocenters. The second kappa shape index (κ2) is 4.78. The van der Waals surface area contributed by atoms with E-state index in [1.165, 1.54) is 0 Å². The first-order chi connectivity index (χ1) is 7.34. The largest absolute Gasteiger partial charge is 0.416 e. The second-order valence-corrected chi connectivity index (χ2v) is 3.36. The van der Waals surface area contributed by atoms with Gasteiger partial charge in [0.2, 0.25) is 0 Å². The van der Waals surface area contributed by atoms with Crippen LogP contribution in [0.3, 0.4) is 0 Å². The second-order valence-electron chi connectivity index (χ2n) is 3.36. The van der Waals surface area contributed by atoms with E-state index in [4.69, 9.17) is 5.73 Å². The molecule has 1 aromatic rings. The van der Waals surface area contributed by atoms with Crippen LogP contribution >= 0.6 is 0 Å². The van der Waals surface area contributed by atoms with Gasteiger partial charge in [-0.15, -0.1) is 0 Å². The smallest absolute Gasteiger partial charge is 0.324 e. The molecule has 16 heavy (non-hydrogen) atoms. The molecule has 0 bridgehead atoms. The van der Waals surface area contributed by atoms with Gasteiger partial charge in [0.25, 0.3) is 0 Å². The zero-order valence-corrected chi connectivity index (χ0v) is 8.19. The molecule has 0 heterocycles. The third-order valence-corrected chi connectivity index (χ3v) is 2.10. The fourth-order valence-electron chi connectivity index (χ4n) is 1.27. The molecule has 0 saturated carbocycles. The zero-order valence-electron chi connectivity index (χ0n) is 8.19. The Bertz CT molecular complexity index is 361. The van der Waals surface area contributed by atoms with Gasteiger partial charge in [-0.05, 0) is 30.2 Å². The van der Waals surface area contributed by atoms with Crippen molar-refractivity contribution in [1.29, 1.82) is 0 Å². The predicted octanol–water partition coefficient (Wildman–Crippen LogP) is 3.20. The lowest BCUT2D eigenvalue weighted by Gasteiger charge is -2.13. The fourth-order valence-corrected chi connectivity index (χ4v) is 1.27. The quantitative estimate of drug-likeness (QED) is 0.805. The lowest BCUT2D eigenvalue weighted by molar-refractivity contribution is -0.137. The molecule has 0 unspecified atom stereocenters. The maximum atomic E-state index is 12.9. The molecule has 0 aromatic heterocycles. The van der Waals surface area contributed by atoms with Crippen LogP contribution in [0.2, 0.25) is 0 Å². The topological polar surface area (TPSA) is 26.0 Å². The van der Waals surface area contributed by atoms with E-state index in [1.54, 1.807) is 0 Å². The summed E-state index contributed by atoms with van der Waals surface area (Å²) in [6.07, 6.45) is -4.77. The van der Waals surface area contributed by atoms with Crippen LogP contribution in [0.25, 0.3) is 0 Å². The summed E-state index contributed by atoms with van der Waals surface area (Å²) < 4.78 is 61.8. The van der Waals surface area contributed by atoms with Gasteiger partial charge >= 0.3 is 6.18 Å². The third-order valence-electron chi connectivity index (χ3n) is 2.10. The minimum absolute atomic E-state index is 0.0509. The fraction of sp³-hybridized carbons (Fsp3) is 0.400. The van der Waals surface area contributed by atoms with E-state index in [-0.39, 0.29) is 12.0 Å². The molecule has 0 fully saturated rings. The van der Waals surface area contributed by atoms with Crippen LogP contribution in [0.15, 0.2) is 18.2 Å². The Morgan fingerprint density at radius 3 is 2.31 bits per heavy atom. The van der Waals surface area contributed by atoms with Gasteiger partial charge in [0.05, 0.1) is 12.2 Å². The Hall–Kier alpha value is -1.17. The van der Waals surface area contributed by atoms with Gasteiger partial charge in [-0.25, -0.2) is 4.39 Å². The highest BCUT2D eigenvalue weighted by molar-refractivity contribution is 5.28. The maximum absolute atomic E-state index is 12.9. The van der Waals surface area contributed by atoms with E-state index < -0.39 is 30.3 Å². The van der Waals surface area contributed by atoms with Crippen molar-refractivity contribution in [3.63, 3.8) is 0 Å². The van der Waals surface area contributed by atoms with Crippen LogP contribution in [0, 0.1) is 5.82 Å². The van der Waals surface area contributed by atoms with Gasteiger partial charge in [0.1, 0.15) is 5.82 Å². The number of halogens is 5. The Morgan fingerprint density at radius 1 is 1.19 bits per heavy atom. The SMILES string of the molecule is N[C@H](CCF)c1cc(F)cc(C(F)(F)F)c1. The Balaban J connectivity index is 3.08. The number of hydrogen-bond acceptors (Lipinski definition) is 1. The summed E-state index contributed by atoms with van der Waals surface area (Å²) in [5.74, 6) is -1.03. The summed E-state index contributed by atoms with van der Waals surface area (Å²) in [6.45, 7) is -0.765. The van der Waals surface area contributed by atoms with Crippen LogP contribution in [-0.4, -0.2) is 6.67 Å². The highest BCUT2D eigenvalue weighted by atomic mass is 19.4. The summed E-state index contributed by atoms with van der Waals surface area (Å²) in [5, 5.41) is 0. The van der Waals surface area contributed by atoms with Crippen molar-refractivity contribution in [2.45, 2.75) is 18.6 Å². The molecule has 0 spiro atoms. The molecular formula is C10H10F5N. The average molecular weight is 239 g/mol. The lowest BCUT2D eigenvalue weighted by atomic mass is 10.0. The van der Waals surface area contributed by atoms with Gasteiger partial charge in [-0.3, -0.25) is 4.39 Å². The summed E-state index contributed by atoms with van der Waals surface area (Å²) in [7, 11) is 0.